The summed E-state index contributed by atoms with van der Waals surface area (Å²) in [6.07, 6.45) is 1.44. The third-order valence-electron chi connectivity index (χ3n) is 5.08. The molecular formula is C20H28N4O4S. The quantitative estimate of drug-likeness (QED) is 0.674. The van der Waals surface area contributed by atoms with Gasteiger partial charge in [-0.1, -0.05) is 6.07 Å². The molecule has 1 aliphatic rings. The van der Waals surface area contributed by atoms with Crippen molar-refractivity contribution < 1.29 is 17.9 Å². The summed E-state index contributed by atoms with van der Waals surface area (Å²) in [7, 11) is 3.60. The van der Waals surface area contributed by atoms with Crippen LogP contribution in [0.2, 0.25) is 0 Å². The zero-order valence-corrected chi connectivity index (χ0v) is 18.1. The van der Waals surface area contributed by atoms with E-state index in [2.05, 4.69) is 9.88 Å². The highest BCUT2D eigenvalue weighted by Crippen LogP contribution is 2.28. The lowest BCUT2D eigenvalue weighted by atomic mass is 10.2. The van der Waals surface area contributed by atoms with Crippen LogP contribution in [0.5, 0.6) is 11.5 Å². The molecule has 29 heavy (non-hydrogen) atoms. The third-order valence-corrected chi connectivity index (χ3v) is 6.96. The lowest BCUT2D eigenvalue weighted by Gasteiger charge is -2.31. The van der Waals surface area contributed by atoms with Gasteiger partial charge in [-0.05, 0) is 36.9 Å². The Morgan fingerprint density at radius 2 is 1.72 bits per heavy atom. The second-order valence-corrected chi connectivity index (χ2v) is 9.04. The van der Waals surface area contributed by atoms with Crippen LogP contribution in [-0.4, -0.2) is 77.1 Å². The number of anilines is 1. The Labute approximate surface area is 172 Å². The fourth-order valence-corrected chi connectivity index (χ4v) is 4.63. The SMILES string of the molecule is COc1ccc(CN(C)c2ccc(S(=O)(=O)N3CCN(C)CC3)cn2)cc1OC. The Hall–Kier alpha value is -2.36. The third kappa shape index (κ3) is 4.80. The van der Waals surface area contributed by atoms with Crippen molar-refractivity contribution in [2.45, 2.75) is 11.4 Å². The van der Waals surface area contributed by atoms with Crippen LogP contribution in [-0.2, 0) is 16.6 Å². The molecule has 1 aromatic carbocycles. The molecule has 9 heteroatoms. The van der Waals surface area contributed by atoms with Crippen molar-refractivity contribution in [3.8, 4) is 11.5 Å². The van der Waals surface area contributed by atoms with Crippen molar-refractivity contribution in [2.75, 3.05) is 59.4 Å². The van der Waals surface area contributed by atoms with Crippen molar-refractivity contribution in [2.24, 2.45) is 0 Å². The number of methoxy groups -OCH3 is 2. The lowest BCUT2D eigenvalue weighted by molar-refractivity contribution is 0.222. The van der Waals surface area contributed by atoms with Gasteiger partial charge >= 0.3 is 0 Å². The largest absolute Gasteiger partial charge is 0.493 e. The van der Waals surface area contributed by atoms with Gasteiger partial charge < -0.3 is 19.3 Å². The molecule has 1 aliphatic heterocycles. The minimum Gasteiger partial charge on any atom is -0.493 e. The number of aromatic nitrogens is 1. The summed E-state index contributed by atoms with van der Waals surface area (Å²) in [6.45, 7) is 3.06. The van der Waals surface area contributed by atoms with Crippen molar-refractivity contribution in [1.29, 1.82) is 0 Å². The van der Waals surface area contributed by atoms with E-state index in [0.29, 0.717) is 37.0 Å². The lowest BCUT2D eigenvalue weighted by Crippen LogP contribution is -2.47. The number of benzene rings is 1. The van der Waals surface area contributed by atoms with Crippen molar-refractivity contribution in [3.63, 3.8) is 0 Å². The first-order valence-corrected chi connectivity index (χ1v) is 10.9. The zero-order valence-electron chi connectivity index (χ0n) is 17.3. The van der Waals surface area contributed by atoms with E-state index >= 15 is 0 Å². The van der Waals surface area contributed by atoms with Crippen LogP contribution in [0.15, 0.2) is 41.4 Å². The van der Waals surface area contributed by atoms with Crippen molar-refractivity contribution in [1.82, 2.24) is 14.2 Å². The standard InChI is InChI=1S/C20H28N4O4S/c1-22-9-11-24(12-10-22)29(25,26)17-6-8-20(21-14-17)23(2)15-16-5-7-18(27-3)19(13-16)28-4/h5-8,13-14H,9-12,15H2,1-4H3. The molecule has 0 N–H and O–H groups in total. The van der Waals surface area contributed by atoms with Gasteiger partial charge in [0.25, 0.3) is 0 Å². The molecule has 1 saturated heterocycles. The maximum atomic E-state index is 12.8. The molecule has 0 saturated carbocycles. The predicted octanol–water partition coefficient (Wildman–Crippen LogP) is 1.67. The second kappa shape index (κ2) is 8.98. The molecule has 2 aromatic rings. The molecule has 0 spiro atoms. The smallest absolute Gasteiger partial charge is 0.244 e. The van der Waals surface area contributed by atoms with Crippen LogP contribution < -0.4 is 14.4 Å². The number of piperazine rings is 1. The predicted molar refractivity (Wildman–Crippen MR) is 112 cm³/mol. The van der Waals surface area contributed by atoms with E-state index in [-0.39, 0.29) is 4.90 Å². The zero-order chi connectivity index (χ0) is 21.0. The van der Waals surface area contributed by atoms with Crippen LogP contribution in [0.1, 0.15) is 5.56 Å². The minimum atomic E-state index is -3.51. The van der Waals surface area contributed by atoms with Crippen molar-refractivity contribution in [3.05, 3.63) is 42.1 Å². The average Bonchev–Trinajstić information content (AvgIpc) is 2.74. The normalized spacial score (nSPS) is 15.9. The molecule has 2 heterocycles. The van der Waals surface area contributed by atoms with Crippen LogP contribution >= 0.6 is 0 Å². The molecule has 0 radical (unpaired) electrons. The molecule has 1 fully saturated rings. The molecule has 0 aliphatic carbocycles. The molecule has 3 rings (SSSR count). The molecule has 0 amide bonds. The Balaban J connectivity index is 1.71. The molecular weight excluding hydrogens is 392 g/mol. The summed E-state index contributed by atoms with van der Waals surface area (Å²) in [5, 5.41) is 0. The van der Waals surface area contributed by atoms with Crippen LogP contribution in [0.3, 0.4) is 0 Å². The van der Waals surface area contributed by atoms with E-state index in [9.17, 15) is 8.42 Å². The summed E-state index contributed by atoms with van der Waals surface area (Å²) in [5.41, 5.74) is 1.03. The Morgan fingerprint density at radius 1 is 1.03 bits per heavy atom. The number of nitrogens with zero attached hydrogens (tertiary/aromatic N) is 4. The number of hydrogen-bond donors (Lipinski definition) is 0. The molecule has 0 atom stereocenters. The highest BCUT2D eigenvalue weighted by Gasteiger charge is 2.27. The summed E-state index contributed by atoms with van der Waals surface area (Å²) < 4.78 is 37.8. The van der Waals surface area contributed by atoms with Gasteiger partial charge in [-0.3, -0.25) is 0 Å². The monoisotopic (exact) mass is 420 g/mol. The highest BCUT2D eigenvalue weighted by molar-refractivity contribution is 7.89. The van der Waals surface area contributed by atoms with Crippen LogP contribution in [0.25, 0.3) is 0 Å². The molecule has 8 nitrogen and oxygen atoms in total. The van der Waals surface area contributed by atoms with Gasteiger partial charge in [0.15, 0.2) is 11.5 Å². The number of ether oxygens (including phenoxy) is 2. The highest BCUT2D eigenvalue weighted by atomic mass is 32.2. The molecule has 0 bridgehead atoms. The van der Waals surface area contributed by atoms with Gasteiger partial charge in [-0.2, -0.15) is 4.31 Å². The first-order valence-electron chi connectivity index (χ1n) is 9.42. The maximum absolute atomic E-state index is 12.8. The van der Waals surface area contributed by atoms with Crippen LogP contribution in [0.4, 0.5) is 5.82 Å². The number of hydrogen-bond acceptors (Lipinski definition) is 7. The van der Waals surface area contributed by atoms with Gasteiger partial charge in [0.1, 0.15) is 10.7 Å². The fourth-order valence-electron chi connectivity index (χ4n) is 3.26. The second-order valence-electron chi connectivity index (χ2n) is 7.10. The van der Waals surface area contributed by atoms with Gasteiger partial charge in [-0.25, -0.2) is 13.4 Å². The summed E-state index contributed by atoms with van der Waals surface area (Å²) in [4.78, 5) is 8.68. The molecule has 1 aromatic heterocycles. The van der Waals surface area contributed by atoms with Gasteiger partial charge in [-0.15, -0.1) is 0 Å². The van der Waals surface area contributed by atoms with Gasteiger partial charge in [0.2, 0.25) is 10.0 Å². The first-order chi connectivity index (χ1) is 13.8. The van der Waals surface area contributed by atoms with Gasteiger partial charge in [0.05, 0.1) is 14.2 Å². The topological polar surface area (TPSA) is 75.2 Å². The molecule has 158 valence electrons. The van der Waals surface area contributed by atoms with E-state index in [1.807, 2.05) is 37.2 Å². The van der Waals surface area contributed by atoms with E-state index in [0.717, 1.165) is 18.7 Å². The first kappa shape index (κ1) is 21.4. The fraction of sp³-hybridized carbons (Fsp3) is 0.450. The minimum absolute atomic E-state index is 0.227. The van der Waals surface area contributed by atoms with Crippen LogP contribution in [0, 0.1) is 0 Å². The van der Waals surface area contributed by atoms with Crippen molar-refractivity contribution >= 4 is 15.8 Å². The van der Waals surface area contributed by atoms with Gasteiger partial charge in [0, 0.05) is 46.0 Å². The summed E-state index contributed by atoms with van der Waals surface area (Å²) in [5.74, 6) is 2.03. The maximum Gasteiger partial charge on any atom is 0.244 e. The van der Waals surface area contributed by atoms with E-state index in [4.69, 9.17) is 9.47 Å². The number of likely N-dealkylation sites (N-methyl/N-ethyl adjacent to an activating group) is 1. The number of rotatable bonds is 7. The molecule has 0 unspecified atom stereocenters. The summed E-state index contributed by atoms with van der Waals surface area (Å²) in [6, 6.07) is 9.11. The Morgan fingerprint density at radius 3 is 2.31 bits per heavy atom. The Bertz CT molecular complexity index is 926. The Kier molecular flexibility index (Phi) is 6.61. The summed E-state index contributed by atoms with van der Waals surface area (Å²) >= 11 is 0. The van der Waals surface area contributed by atoms with E-state index < -0.39 is 10.0 Å². The number of sulfonamides is 1. The average molecular weight is 421 g/mol. The van der Waals surface area contributed by atoms with E-state index in [1.54, 1.807) is 26.4 Å². The number of pyridine rings is 1. The van der Waals surface area contributed by atoms with E-state index in [1.165, 1.54) is 10.5 Å².